The van der Waals surface area contributed by atoms with Gasteiger partial charge >= 0.3 is 0 Å². The lowest BCUT2D eigenvalue weighted by molar-refractivity contribution is -0.130. The first-order valence-electron chi connectivity index (χ1n) is 9.46. The Hall–Kier alpha value is -3.45. The molecule has 8 heteroatoms. The molecule has 1 N–H and O–H groups in total. The molecule has 152 valence electrons. The lowest BCUT2D eigenvalue weighted by atomic mass is 10.0. The van der Waals surface area contributed by atoms with Gasteiger partial charge in [-0.15, -0.1) is 0 Å². The number of halogens is 1. The van der Waals surface area contributed by atoms with Crippen LogP contribution in [0.3, 0.4) is 0 Å². The molecule has 7 nitrogen and oxygen atoms in total. The highest BCUT2D eigenvalue weighted by Gasteiger charge is 2.24. The van der Waals surface area contributed by atoms with Gasteiger partial charge in [0, 0.05) is 35.3 Å². The van der Waals surface area contributed by atoms with Crippen LogP contribution in [0, 0.1) is 0 Å². The van der Waals surface area contributed by atoms with Crippen molar-refractivity contribution in [2.45, 2.75) is 6.42 Å². The molecule has 0 radical (unpaired) electrons. The van der Waals surface area contributed by atoms with Crippen molar-refractivity contribution in [3.8, 4) is 5.75 Å². The van der Waals surface area contributed by atoms with Crippen LogP contribution in [0.15, 0.2) is 76.4 Å². The highest BCUT2D eigenvalue weighted by atomic mass is 35.5. The van der Waals surface area contributed by atoms with Crippen LogP contribution in [0.4, 0.5) is 0 Å². The fraction of sp³-hybridized carbons (Fsp3) is 0.182. The Kier molecular flexibility index (Phi) is 5.90. The van der Waals surface area contributed by atoms with E-state index in [4.69, 9.17) is 16.3 Å². The Labute approximate surface area is 178 Å². The number of hydrogen-bond acceptors (Lipinski definition) is 5. The van der Waals surface area contributed by atoms with Gasteiger partial charge < -0.3 is 9.64 Å². The first-order chi connectivity index (χ1) is 14.6. The van der Waals surface area contributed by atoms with Gasteiger partial charge in [-0.05, 0) is 36.4 Å². The van der Waals surface area contributed by atoms with Crippen molar-refractivity contribution in [2.24, 2.45) is 9.98 Å². The minimum atomic E-state index is -0.298. The maximum Gasteiger partial charge on any atom is 0.264 e. The number of para-hydroxylation sites is 1. The number of guanidine groups is 1. The van der Waals surface area contributed by atoms with Crippen LogP contribution in [-0.4, -0.2) is 48.1 Å². The van der Waals surface area contributed by atoms with Gasteiger partial charge in [-0.25, -0.2) is 9.98 Å². The summed E-state index contributed by atoms with van der Waals surface area (Å²) in [7, 11) is 0. The number of benzene rings is 2. The zero-order valence-corrected chi connectivity index (χ0v) is 16.8. The number of rotatable bonds is 4. The molecular formula is C22H19ClN4O3. The van der Waals surface area contributed by atoms with Gasteiger partial charge in [-0.1, -0.05) is 29.8 Å². The average molecular weight is 423 g/mol. The van der Waals surface area contributed by atoms with Crippen LogP contribution in [0.1, 0.15) is 16.8 Å². The van der Waals surface area contributed by atoms with Gasteiger partial charge in [-0.2, -0.15) is 0 Å². The second-order valence-electron chi connectivity index (χ2n) is 6.75. The number of carbonyl (C=O) groups excluding carboxylic acids is 2. The number of amides is 2. The van der Waals surface area contributed by atoms with Crippen LogP contribution in [0.2, 0.25) is 5.02 Å². The molecule has 2 aromatic carbocycles. The van der Waals surface area contributed by atoms with Crippen LogP contribution >= 0.6 is 11.6 Å². The standard InChI is InChI=1S/C22H19ClN4O3/c23-17-8-6-15(7-9-17)21(29)26-22-24-12-16-13-27(11-10-19(16)25-22)20(28)14-30-18-4-2-1-3-5-18/h1-9,13H,10-12,14H2,(H,24,26,29). The predicted octanol–water partition coefficient (Wildman–Crippen LogP) is 3.08. The summed E-state index contributed by atoms with van der Waals surface area (Å²) in [5.74, 6) is 0.500. The number of aliphatic imine (C=N–C) groups is 2. The maximum atomic E-state index is 12.5. The van der Waals surface area contributed by atoms with Gasteiger partial charge in [0.25, 0.3) is 11.8 Å². The van der Waals surface area contributed by atoms with Crippen LogP contribution in [0.5, 0.6) is 5.75 Å². The van der Waals surface area contributed by atoms with E-state index in [0.29, 0.717) is 35.8 Å². The summed E-state index contributed by atoms with van der Waals surface area (Å²) in [4.78, 5) is 35.2. The molecule has 0 atom stereocenters. The molecule has 0 spiro atoms. The van der Waals surface area contributed by atoms with Crippen molar-refractivity contribution in [1.29, 1.82) is 0 Å². The minimum Gasteiger partial charge on any atom is -0.484 e. The summed E-state index contributed by atoms with van der Waals surface area (Å²) < 4.78 is 5.53. The monoisotopic (exact) mass is 422 g/mol. The summed E-state index contributed by atoms with van der Waals surface area (Å²) >= 11 is 5.85. The second kappa shape index (κ2) is 8.92. The quantitative estimate of drug-likeness (QED) is 0.821. The lowest BCUT2D eigenvalue weighted by Crippen LogP contribution is -2.39. The second-order valence-corrected chi connectivity index (χ2v) is 7.19. The summed E-state index contributed by atoms with van der Waals surface area (Å²) in [6.45, 7) is 0.808. The van der Waals surface area contributed by atoms with E-state index in [-0.39, 0.29) is 24.4 Å². The first-order valence-corrected chi connectivity index (χ1v) is 9.83. The van der Waals surface area contributed by atoms with Crippen molar-refractivity contribution < 1.29 is 14.3 Å². The molecule has 2 aliphatic heterocycles. The Morgan fingerprint density at radius 3 is 2.63 bits per heavy atom. The average Bonchev–Trinajstić information content (AvgIpc) is 2.78. The van der Waals surface area contributed by atoms with Crippen molar-refractivity contribution >= 4 is 35.1 Å². The molecular weight excluding hydrogens is 404 g/mol. The Morgan fingerprint density at radius 1 is 1.10 bits per heavy atom. The third-order valence-electron chi connectivity index (χ3n) is 4.67. The molecule has 2 amide bonds. The Bertz CT molecular complexity index is 1050. The van der Waals surface area contributed by atoms with Gasteiger partial charge in [0.05, 0.1) is 12.3 Å². The Morgan fingerprint density at radius 2 is 1.87 bits per heavy atom. The summed E-state index contributed by atoms with van der Waals surface area (Å²) in [5, 5.41) is 3.27. The summed E-state index contributed by atoms with van der Waals surface area (Å²) in [6, 6.07) is 15.8. The molecule has 4 rings (SSSR count). The molecule has 0 unspecified atom stereocenters. The van der Waals surface area contributed by atoms with Gasteiger partial charge in [0.15, 0.2) is 6.61 Å². The number of fused-ring (bicyclic) bond motifs is 1. The van der Waals surface area contributed by atoms with Crippen molar-refractivity contribution in [2.75, 3.05) is 19.7 Å². The smallest absolute Gasteiger partial charge is 0.264 e. The fourth-order valence-electron chi connectivity index (χ4n) is 3.08. The van der Waals surface area contributed by atoms with Crippen LogP contribution in [-0.2, 0) is 4.79 Å². The SMILES string of the molecule is O=C(NC1=NCC2=CN(C(=O)COc3ccccc3)CCC2=N1)c1ccc(Cl)cc1. The van der Waals surface area contributed by atoms with E-state index >= 15 is 0 Å². The van der Waals surface area contributed by atoms with Gasteiger partial charge in [0.1, 0.15) is 5.75 Å². The number of nitrogens with one attached hydrogen (secondary N) is 1. The number of nitrogens with zero attached hydrogens (tertiary/aromatic N) is 3. The van der Waals surface area contributed by atoms with Crippen molar-refractivity contribution in [1.82, 2.24) is 10.2 Å². The zero-order valence-electron chi connectivity index (χ0n) is 16.0. The normalized spacial score (nSPS) is 15.4. The Balaban J connectivity index is 1.36. The highest BCUT2D eigenvalue weighted by molar-refractivity contribution is 6.30. The van der Waals surface area contributed by atoms with Gasteiger partial charge in [0.2, 0.25) is 5.96 Å². The van der Waals surface area contributed by atoms with E-state index in [9.17, 15) is 9.59 Å². The largest absolute Gasteiger partial charge is 0.484 e. The van der Waals surface area contributed by atoms with Crippen LogP contribution in [0.25, 0.3) is 0 Å². The predicted molar refractivity (Wildman–Crippen MR) is 115 cm³/mol. The van der Waals surface area contributed by atoms with E-state index < -0.39 is 0 Å². The fourth-order valence-corrected chi connectivity index (χ4v) is 3.21. The van der Waals surface area contributed by atoms with E-state index in [1.807, 2.05) is 30.3 Å². The van der Waals surface area contributed by atoms with E-state index in [1.165, 1.54) is 0 Å². The molecule has 0 aliphatic carbocycles. The minimum absolute atomic E-state index is 0.0358. The number of hydrogen-bond donors (Lipinski definition) is 1. The molecule has 0 saturated heterocycles. The molecule has 0 bridgehead atoms. The number of carbonyl (C=O) groups is 2. The molecule has 30 heavy (non-hydrogen) atoms. The van der Waals surface area contributed by atoms with Crippen LogP contribution < -0.4 is 10.1 Å². The summed E-state index contributed by atoms with van der Waals surface area (Å²) in [6.07, 6.45) is 2.35. The van der Waals surface area contributed by atoms with Gasteiger partial charge in [-0.3, -0.25) is 14.9 Å². The summed E-state index contributed by atoms with van der Waals surface area (Å²) in [5.41, 5.74) is 2.16. The van der Waals surface area contributed by atoms with E-state index in [1.54, 1.807) is 35.4 Å². The number of ether oxygens (including phenoxy) is 1. The zero-order chi connectivity index (χ0) is 20.9. The van der Waals surface area contributed by atoms with Crippen molar-refractivity contribution in [3.63, 3.8) is 0 Å². The lowest BCUT2D eigenvalue weighted by Gasteiger charge is -2.27. The molecule has 0 fully saturated rings. The molecule has 2 aliphatic rings. The molecule has 2 heterocycles. The third kappa shape index (κ3) is 4.75. The first kappa shape index (κ1) is 19.8. The third-order valence-corrected chi connectivity index (χ3v) is 4.92. The molecule has 0 aromatic heterocycles. The van der Waals surface area contributed by atoms with E-state index in [0.717, 1.165) is 11.3 Å². The van der Waals surface area contributed by atoms with E-state index in [2.05, 4.69) is 15.3 Å². The van der Waals surface area contributed by atoms with Crippen molar-refractivity contribution in [3.05, 3.63) is 77.0 Å². The molecule has 0 saturated carbocycles. The maximum absolute atomic E-state index is 12.5. The molecule has 2 aromatic rings. The highest BCUT2D eigenvalue weighted by Crippen LogP contribution is 2.18. The topological polar surface area (TPSA) is 83.4 Å².